The predicted molar refractivity (Wildman–Crippen MR) is 46.9 cm³/mol. The second-order valence-corrected chi connectivity index (χ2v) is 2.90. The van der Waals surface area contributed by atoms with Crippen molar-refractivity contribution < 1.29 is 0 Å². The molecule has 0 saturated heterocycles. The van der Waals surface area contributed by atoms with E-state index in [4.69, 9.17) is 0 Å². The summed E-state index contributed by atoms with van der Waals surface area (Å²) in [4.78, 5) is 0. The van der Waals surface area contributed by atoms with Crippen molar-refractivity contribution in [1.29, 1.82) is 0 Å². The smallest absolute Gasteiger partial charge is 0.0452 e. The van der Waals surface area contributed by atoms with Crippen LogP contribution in [0.1, 0.15) is 11.3 Å². The lowest BCUT2D eigenvalue weighted by atomic mass is 10.2. The zero-order valence-electron chi connectivity index (χ0n) is 6.83. The van der Waals surface area contributed by atoms with Crippen molar-refractivity contribution in [2.75, 3.05) is 0 Å². The summed E-state index contributed by atoms with van der Waals surface area (Å²) < 4.78 is 2.20. The summed E-state index contributed by atoms with van der Waals surface area (Å²) in [6.45, 7) is 4.27. The van der Waals surface area contributed by atoms with Gasteiger partial charge in [0.05, 0.1) is 0 Å². The molecule has 2 heterocycles. The van der Waals surface area contributed by atoms with Crippen molar-refractivity contribution in [2.45, 2.75) is 13.8 Å². The third-order valence-corrected chi connectivity index (χ3v) is 2.22. The van der Waals surface area contributed by atoms with Gasteiger partial charge in [-0.1, -0.05) is 6.07 Å². The highest BCUT2D eigenvalue weighted by Gasteiger charge is 1.96. The molecule has 0 spiro atoms. The van der Waals surface area contributed by atoms with Crippen LogP contribution in [0.2, 0.25) is 0 Å². The first-order valence-electron chi connectivity index (χ1n) is 3.82. The molecule has 56 valence electrons. The SMILES string of the molecule is Cc1ccc2cccn2c1C. The number of fused-ring (bicyclic) bond motifs is 1. The summed E-state index contributed by atoms with van der Waals surface area (Å²) in [5.74, 6) is 0. The Balaban J connectivity index is 2.93. The van der Waals surface area contributed by atoms with Gasteiger partial charge in [-0.3, -0.25) is 0 Å². The molecule has 1 heteroatoms. The summed E-state index contributed by atoms with van der Waals surface area (Å²) in [6, 6.07) is 8.49. The molecule has 0 aliphatic heterocycles. The molecule has 0 saturated carbocycles. The number of aryl methyl sites for hydroxylation is 2. The summed E-state index contributed by atoms with van der Waals surface area (Å²) in [7, 11) is 0. The molecule has 0 bridgehead atoms. The standard InChI is InChI=1S/C10H11N/c1-8-5-6-10-4-3-7-11(10)9(8)2/h3-7H,1-2H3. The fourth-order valence-electron chi connectivity index (χ4n) is 1.36. The highest BCUT2D eigenvalue weighted by Crippen LogP contribution is 2.11. The lowest BCUT2D eigenvalue weighted by Crippen LogP contribution is -1.91. The maximum Gasteiger partial charge on any atom is 0.0452 e. The number of aromatic nitrogens is 1. The van der Waals surface area contributed by atoms with Gasteiger partial charge in [0.2, 0.25) is 0 Å². The number of pyridine rings is 1. The Kier molecular flexibility index (Phi) is 1.25. The lowest BCUT2D eigenvalue weighted by Gasteiger charge is -2.03. The summed E-state index contributed by atoms with van der Waals surface area (Å²) >= 11 is 0. The summed E-state index contributed by atoms with van der Waals surface area (Å²) in [5.41, 5.74) is 3.94. The average molecular weight is 145 g/mol. The van der Waals surface area contributed by atoms with E-state index in [0.717, 1.165) is 0 Å². The third kappa shape index (κ3) is 0.845. The van der Waals surface area contributed by atoms with Crippen molar-refractivity contribution in [3.05, 3.63) is 41.7 Å². The molecule has 0 N–H and O–H groups in total. The van der Waals surface area contributed by atoms with Crippen molar-refractivity contribution in [2.24, 2.45) is 0 Å². The molecule has 0 aliphatic rings. The Morgan fingerprint density at radius 2 is 1.91 bits per heavy atom. The van der Waals surface area contributed by atoms with Gasteiger partial charge in [-0.05, 0) is 37.6 Å². The molecular weight excluding hydrogens is 134 g/mol. The summed E-state index contributed by atoms with van der Waals surface area (Å²) in [6.07, 6.45) is 2.09. The van der Waals surface area contributed by atoms with Crippen molar-refractivity contribution >= 4 is 5.52 Å². The Morgan fingerprint density at radius 3 is 2.73 bits per heavy atom. The van der Waals surface area contributed by atoms with Crippen LogP contribution < -0.4 is 0 Å². The van der Waals surface area contributed by atoms with Crippen LogP contribution in [-0.2, 0) is 0 Å². The van der Waals surface area contributed by atoms with Gasteiger partial charge in [0.1, 0.15) is 0 Å². The van der Waals surface area contributed by atoms with Crippen LogP contribution in [0.4, 0.5) is 0 Å². The fourth-order valence-corrected chi connectivity index (χ4v) is 1.36. The average Bonchev–Trinajstić information content (AvgIpc) is 2.45. The minimum Gasteiger partial charge on any atom is -0.321 e. The molecule has 2 aromatic rings. The van der Waals surface area contributed by atoms with Crippen molar-refractivity contribution in [1.82, 2.24) is 4.40 Å². The highest BCUT2D eigenvalue weighted by molar-refractivity contribution is 5.50. The Morgan fingerprint density at radius 1 is 1.09 bits per heavy atom. The number of hydrogen-bond donors (Lipinski definition) is 0. The molecule has 0 unspecified atom stereocenters. The molecule has 0 radical (unpaired) electrons. The molecule has 11 heavy (non-hydrogen) atoms. The van der Waals surface area contributed by atoms with E-state index < -0.39 is 0 Å². The normalized spacial score (nSPS) is 10.7. The maximum absolute atomic E-state index is 2.20. The zero-order valence-corrected chi connectivity index (χ0v) is 6.83. The monoisotopic (exact) mass is 145 g/mol. The predicted octanol–water partition coefficient (Wildman–Crippen LogP) is 2.56. The van der Waals surface area contributed by atoms with Gasteiger partial charge in [0.25, 0.3) is 0 Å². The van der Waals surface area contributed by atoms with Crippen LogP contribution in [0.25, 0.3) is 5.52 Å². The third-order valence-electron chi connectivity index (χ3n) is 2.22. The van der Waals surface area contributed by atoms with Crippen LogP contribution in [0.5, 0.6) is 0 Å². The number of hydrogen-bond acceptors (Lipinski definition) is 0. The van der Waals surface area contributed by atoms with Crippen molar-refractivity contribution in [3.8, 4) is 0 Å². The van der Waals surface area contributed by atoms with Crippen LogP contribution in [0, 0.1) is 13.8 Å². The second-order valence-electron chi connectivity index (χ2n) is 2.90. The molecule has 0 atom stereocenters. The van der Waals surface area contributed by atoms with E-state index in [1.807, 2.05) is 0 Å². The second kappa shape index (κ2) is 2.12. The minimum absolute atomic E-state index is 1.27. The number of rotatable bonds is 0. The highest BCUT2D eigenvalue weighted by atomic mass is 14.9. The first-order valence-corrected chi connectivity index (χ1v) is 3.82. The quantitative estimate of drug-likeness (QED) is 0.536. The van der Waals surface area contributed by atoms with E-state index >= 15 is 0 Å². The summed E-state index contributed by atoms with van der Waals surface area (Å²) in [5, 5.41) is 0. The molecule has 0 aliphatic carbocycles. The molecular formula is C10H11N. The maximum atomic E-state index is 2.20. The van der Waals surface area contributed by atoms with Crippen LogP contribution in [0.3, 0.4) is 0 Å². The van der Waals surface area contributed by atoms with E-state index in [2.05, 4.69) is 48.7 Å². The fraction of sp³-hybridized carbons (Fsp3) is 0.200. The van der Waals surface area contributed by atoms with E-state index in [1.54, 1.807) is 0 Å². The van der Waals surface area contributed by atoms with E-state index in [9.17, 15) is 0 Å². The molecule has 1 nitrogen and oxygen atoms in total. The van der Waals surface area contributed by atoms with Gasteiger partial charge < -0.3 is 4.40 Å². The number of nitrogens with zero attached hydrogens (tertiary/aromatic N) is 1. The van der Waals surface area contributed by atoms with Crippen LogP contribution >= 0.6 is 0 Å². The Labute approximate surface area is 66.3 Å². The van der Waals surface area contributed by atoms with Gasteiger partial charge in [-0.15, -0.1) is 0 Å². The lowest BCUT2D eigenvalue weighted by molar-refractivity contribution is 1.07. The Bertz CT molecular complexity index is 385. The topological polar surface area (TPSA) is 4.41 Å². The van der Waals surface area contributed by atoms with E-state index in [1.165, 1.54) is 16.8 Å². The minimum atomic E-state index is 1.27. The van der Waals surface area contributed by atoms with Gasteiger partial charge in [-0.2, -0.15) is 0 Å². The Hall–Kier alpha value is -1.24. The zero-order chi connectivity index (χ0) is 7.84. The van der Waals surface area contributed by atoms with Gasteiger partial charge in [0.15, 0.2) is 0 Å². The van der Waals surface area contributed by atoms with Gasteiger partial charge >= 0.3 is 0 Å². The molecule has 0 amide bonds. The molecule has 2 rings (SSSR count). The molecule has 2 aromatic heterocycles. The van der Waals surface area contributed by atoms with E-state index in [-0.39, 0.29) is 0 Å². The van der Waals surface area contributed by atoms with Crippen LogP contribution in [-0.4, -0.2) is 4.40 Å². The molecule has 0 fully saturated rings. The van der Waals surface area contributed by atoms with Gasteiger partial charge in [-0.25, -0.2) is 0 Å². The molecule has 0 aromatic carbocycles. The van der Waals surface area contributed by atoms with E-state index in [0.29, 0.717) is 0 Å². The van der Waals surface area contributed by atoms with Crippen molar-refractivity contribution in [3.63, 3.8) is 0 Å². The largest absolute Gasteiger partial charge is 0.321 e. The first-order chi connectivity index (χ1) is 5.29. The van der Waals surface area contributed by atoms with Gasteiger partial charge in [0, 0.05) is 17.4 Å². The first kappa shape index (κ1) is 6.47. The van der Waals surface area contributed by atoms with Crippen LogP contribution in [0.15, 0.2) is 30.5 Å².